The Balaban J connectivity index is 4.75. The van der Waals surface area contributed by atoms with Gasteiger partial charge >= 0.3 is 27.6 Å². The molecule has 16 heteroatoms. The highest BCUT2D eigenvalue weighted by atomic mass is 31.2. The normalized spacial score (nSPS) is 14.7. The molecule has 3 atom stereocenters. The Morgan fingerprint density at radius 3 is 1.50 bits per heavy atom. The summed E-state index contributed by atoms with van der Waals surface area (Å²) in [4.78, 5) is 65.0. The molecule has 14 nitrogen and oxygen atoms in total. The Labute approximate surface area is 383 Å². The van der Waals surface area contributed by atoms with Gasteiger partial charge in [0.1, 0.15) is 12.7 Å². The highest BCUT2D eigenvalue weighted by molar-refractivity contribution is 7.47. The Kier molecular flexibility index (Phi) is 40.2. The first-order valence-electron chi connectivity index (χ1n) is 22.9. The van der Waals surface area contributed by atoms with E-state index in [-0.39, 0.29) is 31.5 Å². The monoisotopic (exact) mass is 940 g/mol. The Morgan fingerprint density at radius 2 is 0.969 bits per heavy atom. The molecule has 0 aromatic carbocycles. The van der Waals surface area contributed by atoms with E-state index in [9.17, 15) is 33.5 Å². The van der Waals surface area contributed by atoms with Crippen LogP contribution in [0.4, 0.5) is 0 Å². The number of ketones is 1. The van der Waals surface area contributed by atoms with E-state index in [1.807, 2.05) is 6.08 Å². The first-order chi connectivity index (χ1) is 30.8. The molecule has 0 aromatic heterocycles. The van der Waals surface area contributed by atoms with Crippen LogP contribution in [0.3, 0.4) is 0 Å². The predicted octanol–water partition coefficient (Wildman–Crippen LogP) is 11.3. The fourth-order valence-corrected chi connectivity index (χ4v) is 6.56. The van der Waals surface area contributed by atoms with Crippen LogP contribution in [-0.2, 0) is 46.6 Å². The fourth-order valence-electron chi connectivity index (χ4n) is 5.40. The van der Waals surface area contributed by atoms with Crippen molar-refractivity contribution in [2.45, 2.75) is 161 Å². The highest BCUT2D eigenvalue weighted by Crippen LogP contribution is 2.43. The van der Waals surface area contributed by atoms with Gasteiger partial charge in [0, 0.05) is 19.3 Å². The number of ether oxygens (including phenoxy) is 2. The number of esters is 2. The number of carbonyl (C=O) groups excluding carboxylic acids is 3. The van der Waals surface area contributed by atoms with Crippen molar-refractivity contribution in [3.63, 3.8) is 0 Å². The molecular formula is C48H78O14P2. The van der Waals surface area contributed by atoms with Crippen LogP contribution in [0, 0.1) is 0 Å². The van der Waals surface area contributed by atoms with E-state index in [0.29, 0.717) is 6.42 Å². The lowest BCUT2D eigenvalue weighted by Gasteiger charge is -2.20. The van der Waals surface area contributed by atoms with E-state index in [1.165, 1.54) is 44.6 Å². The maximum absolute atomic E-state index is 12.7. The number of phosphoric ester groups is 2. The number of hydrogen-bond donors (Lipinski definition) is 4. The van der Waals surface area contributed by atoms with Crippen LogP contribution < -0.4 is 0 Å². The number of hydrogen-bond acceptors (Lipinski definition) is 11. The average molecular weight is 941 g/mol. The van der Waals surface area contributed by atoms with Crippen molar-refractivity contribution in [2.75, 3.05) is 26.4 Å². The summed E-state index contributed by atoms with van der Waals surface area (Å²) in [5, 5.41) is 9.75. The molecule has 0 fully saturated rings. The van der Waals surface area contributed by atoms with Gasteiger partial charge in [0.15, 0.2) is 11.9 Å². The van der Waals surface area contributed by atoms with E-state index in [4.69, 9.17) is 23.8 Å². The minimum atomic E-state index is -4.90. The van der Waals surface area contributed by atoms with Crippen LogP contribution in [0.5, 0.6) is 0 Å². The molecule has 0 aliphatic rings. The molecule has 4 N–H and O–H groups in total. The Morgan fingerprint density at radius 1 is 0.500 bits per heavy atom. The van der Waals surface area contributed by atoms with Gasteiger partial charge in [-0.05, 0) is 89.5 Å². The Bertz CT molecular complexity index is 1560. The van der Waals surface area contributed by atoms with E-state index in [1.54, 1.807) is 12.2 Å². The van der Waals surface area contributed by atoms with E-state index in [0.717, 1.165) is 64.2 Å². The molecule has 1 unspecified atom stereocenters. The van der Waals surface area contributed by atoms with Crippen LogP contribution in [0.15, 0.2) is 97.2 Å². The highest BCUT2D eigenvalue weighted by Gasteiger charge is 2.28. The van der Waals surface area contributed by atoms with Crippen molar-refractivity contribution in [1.29, 1.82) is 0 Å². The third-order valence-corrected chi connectivity index (χ3v) is 10.3. The largest absolute Gasteiger partial charge is 0.472 e. The molecule has 0 rings (SSSR count). The lowest BCUT2D eigenvalue weighted by Crippen LogP contribution is -2.30. The average Bonchev–Trinajstić information content (AvgIpc) is 3.25. The number of aliphatic hydroxyl groups is 1. The number of phosphoric acid groups is 2. The first-order valence-corrected chi connectivity index (χ1v) is 25.9. The summed E-state index contributed by atoms with van der Waals surface area (Å²) in [7, 11) is -9.79. The molecule has 0 aliphatic carbocycles. The van der Waals surface area contributed by atoms with Crippen molar-refractivity contribution < 1.29 is 66.3 Å². The summed E-state index contributed by atoms with van der Waals surface area (Å²) < 4.78 is 47.6. The van der Waals surface area contributed by atoms with Crippen molar-refractivity contribution in [2.24, 2.45) is 0 Å². The summed E-state index contributed by atoms with van der Waals surface area (Å²) in [5.41, 5.74) is 0. The molecule has 64 heavy (non-hydrogen) atoms. The zero-order valence-corrected chi connectivity index (χ0v) is 40.1. The van der Waals surface area contributed by atoms with Crippen molar-refractivity contribution in [3.05, 3.63) is 97.2 Å². The van der Waals surface area contributed by atoms with Crippen molar-refractivity contribution >= 4 is 33.4 Å². The minimum absolute atomic E-state index is 0.0657. The smallest absolute Gasteiger partial charge is 0.462 e. The van der Waals surface area contributed by atoms with Gasteiger partial charge in [0.2, 0.25) is 0 Å². The maximum Gasteiger partial charge on any atom is 0.472 e. The van der Waals surface area contributed by atoms with Gasteiger partial charge in [-0.15, -0.1) is 0 Å². The second kappa shape index (κ2) is 42.4. The van der Waals surface area contributed by atoms with Gasteiger partial charge < -0.3 is 29.3 Å². The van der Waals surface area contributed by atoms with Gasteiger partial charge in [0.25, 0.3) is 0 Å². The first kappa shape index (κ1) is 60.7. The van der Waals surface area contributed by atoms with Crippen LogP contribution in [0.2, 0.25) is 0 Å². The minimum Gasteiger partial charge on any atom is -0.462 e. The SMILES string of the molecule is CCCCC/C=C\C/C=C\C/C=C\C=C\C(=O)CCCC(=O)O[C@H](COC(=O)CCCCC/C=C\C/C=C\C/C=C\C/C=C\CCCCC)COP(=O)(O)OC[C@@H](O)COP(=O)(O)O. The number of unbranched alkanes of at least 4 members (excludes halogenated alkanes) is 9. The van der Waals surface area contributed by atoms with Gasteiger partial charge in [-0.1, -0.05) is 137 Å². The molecular weight excluding hydrogens is 862 g/mol. The lowest BCUT2D eigenvalue weighted by molar-refractivity contribution is -0.161. The van der Waals surface area contributed by atoms with E-state index < -0.39 is 66.2 Å². The van der Waals surface area contributed by atoms with Crippen molar-refractivity contribution in [3.8, 4) is 0 Å². The van der Waals surface area contributed by atoms with E-state index >= 15 is 0 Å². The summed E-state index contributed by atoms with van der Waals surface area (Å²) in [6, 6.07) is 0. The third kappa shape index (κ3) is 45.3. The summed E-state index contributed by atoms with van der Waals surface area (Å²) in [5.74, 6) is -1.52. The molecule has 0 heterocycles. The molecule has 0 aromatic rings. The standard InChI is InChI=1S/C48H78O14P2/c1-3-5-7-9-11-13-15-17-18-19-20-21-22-24-26-28-30-32-34-38-47(51)58-42-46(43-61-64(56,57)60-41-45(50)40-59-63(53,54)55)62-48(52)39-35-37-44(49)36-33-31-29-27-25-23-16-14-12-10-8-6-4-2/h11-14,17-18,20-21,23-26,29,31,33,36,45-46,50H,3-10,15-16,19,22,27-28,30,32,34-35,37-43H2,1-2H3,(H,56,57)(H2,53,54,55)/b13-11-,14-12-,18-17-,21-20-,25-23-,26-24-,31-29-,36-33+/t45-,46+/m0/s1. The summed E-state index contributed by atoms with van der Waals surface area (Å²) >= 11 is 0. The zero-order chi connectivity index (χ0) is 47.4. The number of aliphatic hydroxyl groups excluding tert-OH is 1. The molecule has 364 valence electrons. The maximum atomic E-state index is 12.7. The molecule has 0 aliphatic heterocycles. The van der Waals surface area contributed by atoms with Crippen LogP contribution in [-0.4, -0.2) is 76.1 Å². The Hall–Kier alpha value is -3.29. The van der Waals surface area contributed by atoms with Crippen molar-refractivity contribution in [1.82, 2.24) is 0 Å². The number of allylic oxidation sites excluding steroid dienone is 16. The van der Waals surface area contributed by atoms with Gasteiger partial charge in [-0.25, -0.2) is 9.13 Å². The second-order valence-electron chi connectivity index (χ2n) is 15.0. The van der Waals surface area contributed by atoms with Gasteiger partial charge in [-0.2, -0.15) is 0 Å². The molecule has 0 radical (unpaired) electrons. The van der Waals surface area contributed by atoms with Crippen LogP contribution in [0.25, 0.3) is 0 Å². The quantitative estimate of drug-likeness (QED) is 0.0112. The molecule has 0 saturated heterocycles. The second-order valence-corrected chi connectivity index (χ2v) is 17.7. The molecule has 0 amide bonds. The molecule has 0 bridgehead atoms. The van der Waals surface area contributed by atoms with E-state index in [2.05, 4.69) is 95.8 Å². The van der Waals surface area contributed by atoms with Crippen LogP contribution >= 0.6 is 15.6 Å². The van der Waals surface area contributed by atoms with Crippen LogP contribution in [0.1, 0.15) is 149 Å². The summed E-state index contributed by atoms with van der Waals surface area (Å²) in [6.07, 6.45) is 46.9. The van der Waals surface area contributed by atoms with Gasteiger partial charge in [0.05, 0.1) is 19.8 Å². The lowest BCUT2D eigenvalue weighted by atomic mass is 10.1. The topological polar surface area (TPSA) is 212 Å². The molecule has 0 spiro atoms. The van der Waals surface area contributed by atoms with Gasteiger partial charge in [-0.3, -0.25) is 28.0 Å². The molecule has 0 saturated carbocycles. The predicted molar refractivity (Wildman–Crippen MR) is 253 cm³/mol. The number of rotatable bonds is 42. The summed E-state index contributed by atoms with van der Waals surface area (Å²) in [6.45, 7) is 1.38. The number of carbonyl (C=O) groups is 3. The zero-order valence-electron chi connectivity index (χ0n) is 38.3. The third-order valence-electron chi connectivity index (χ3n) is 8.91. The fraction of sp³-hybridized carbons (Fsp3) is 0.604.